The van der Waals surface area contributed by atoms with Crippen LogP contribution in [0, 0.1) is 0 Å². The second-order valence-corrected chi connectivity index (χ2v) is 8.09. The molecule has 0 bridgehead atoms. The van der Waals surface area contributed by atoms with Crippen molar-refractivity contribution in [1.29, 1.82) is 0 Å². The standard InChI is InChI=1S/C25H23N3O2S/c1-28(2)21-15-13-20(14-16-21)26-22(29)17-31-25-27-23(18-9-5-3-6-10-18)24(30-25)19-11-7-4-8-12-19/h3-16H,17H2,1-2H3,(H,26,29). The van der Waals surface area contributed by atoms with E-state index in [0.29, 0.717) is 11.0 Å². The highest BCUT2D eigenvalue weighted by Gasteiger charge is 2.18. The van der Waals surface area contributed by atoms with Crippen LogP contribution < -0.4 is 10.2 Å². The van der Waals surface area contributed by atoms with Gasteiger partial charge in [-0.1, -0.05) is 72.4 Å². The normalized spacial score (nSPS) is 10.6. The maximum absolute atomic E-state index is 12.4. The molecule has 1 heterocycles. The van der Waals surface area contributed by atoms with E-state index in [1.807, 2.05) is 104 Å². The molecule has 156 valence electrons. The molecule has 0 spiro atoms. The number of aromatic nitrogens is 1. The summed E-state index contributed by atoms with van der Waals surface area (Å²) in [5.74, 6) is 0.801. The zero-order chi connectivity index (χ0) is 21.6. The summed E-state index contributed by atoms with van der Waals surface area (Å²) in [4.78, 5) is 19.1. The number of nitrogens with zero attached hydrogens (tertiary/aromatic N) is 2. The maximum Gasteiger partial charge on any atom is 0.257 e. The Morgan fingerprint density at radius 2 is 1.52 bits per heavy atom. The number of benzene rings is 3. The Hall–Kier alpha value is -3.51. The number of rotatable bonds is 7. The van der Waals surface area contributed by atoms with E-state index in [-0.39, 0.29) is 11.7 Å². The zero-order valence-electron chi connectivity index (χ0n) is 17.4. The molecule has 0 fully saturated rings. The third kappa shape index (κ3) is 5.16. The first-order valence-electron chi connectivity index (χ1n) is 9.92. The Kier molecular flexibility index (Phi) is 6.38. The van der Waals surface area contributed by atoms with Crippen LogP contribution in [-0.2, 0) is 4.79 Å². The molecule has 0 aliphatic carbocycles. The average molecular weight is 430 g/mol. The minimum atomic E-state index is -0.108. The van der Waals surface area contributed by atoms with Crippen LogP contribution in [0.15, 0.2) is 94.6 Å². The van der Waals surface area contributed by atoms with Crippen molar-refractivity contribution in [3.8, 4) is 22.6 Å². The van der Waals surface area contributed by atoms with Crippen LogP contribution in [0.25, 0.3) is 22.6 Å². The predicted octanol–water partition coefficient (Wildman–Crippen LogP) is 5.81. The molecule has 3 aromatic carbocycles. The molecular weight excluding hydrogens is 406 g/mol. The number of carbonyl (C=O) groups is 1. The molecule has 0 saturated heterocycles. The van der Waals surface area contributed by atoms with Gasteiger partial charge < -0.3 is 14.6 Å². The molecule has 0 aliphatic heterocycles. The van der Waals surface area contributed by atoms with E-state index >= 15 is 0 Å². The average Bonchev–Trinajstić information content (AvgIpc) is 3.24. The van der Waals surface area contributed by atoms with Gasteiger partial charge in [-0.15, -0.1) is 0 Å². The van der Waals surface area contributed by atoms with Crippen LogP contribution in [0.5, 0.6) is 0 Å². The SMILES string of the molecule is CN(C)c1ccc(NC(=O)CSc2nc(-c3ccccc3)c(-c3ccccc3)o2)cc1. The summed E-state index contributed by atoms with van der Waals surface area (Å²) in [7, 11) is 3.96. The molecule has 5 nitrogen and oxygen atoms in total. The highest BCUT2D eigenvalue weighted by molar-refractivity contribution is 7.99. The van der Waals surface area contributed by atoms with Gasteiger partial charge in [0.1, 0.15) is 5.69 Å². The van der Waals surface area contributed by atoms with E-state index in [2.05, 4.69) is 10.3 Å². The molecule has 0 unspecified atom stereocenters. The Balaban J connectivity index is 1.48. The maximum atomic E-state index is 12.4. The van der Waals surface area contributed by atoms with Crippen LogP contribution in [0.1, 0.15) is 0 Å². The van der Waals surface area contributed by atoms with Crippen molar-refractivity contribution in [2.75, 3.05) is 30.1 Å². The van der Waals surface area contributed by atoms with Gasteiger partial charge in [-0.25, -0.2) is 4.98 Å². The van der Waals surface area contributed by atoms with Gasteiger partial charge in [0.15, 0.2) is 5.76 Å². The van der Waals surface area contributed by atoms with Gasteiger partial charge in [0, 0.05) is 36.6 Å². The van der Waals surface area contributed by atoms with Crippen molar-refractivity contribution in [3.63, 3.8) is 0 Å². The van der Waals surface area contributed by atoms with Gasteiger partial charge in [-0.2, -0.15) is 0 Å². The minimum absolute atomic E-state index is 0.108. The first-order valence-corrected chi connectivity index (χ1v) is 10.9. The quantitative estimate of drug-likeness (QED) is 0.376. The molecular formula is C25H23N3O2S. The Bertz CT molecular complexity index is 1080. The Morgan fingerprint density at radius 1 is 0.903 bits per heavy atom. The molecule has 1 amide bonds. The molecule has 6 heteroatoms. The lowest BCUT2D eigenvalue weighted by Crippen LogP contribution is -2.14. The fourth-order valence-electron chi connectivity index (χ4n) is 3.11. The lowest BCUT2D eigenvalue weighted by Gasteiger charge is -2.12. The summed E-state index contributed by atoms with van der Waals surface area (Å²) in [6, 6.07) is 27.5. The Labute approximate surface area is 186 Å². The second-order valence-electron chi connectivity index (χ2n) is 7.17. The van der Waals surface area contributed by atoms with Crippen molar-refractivity contribution in [3.05, 3.63) is 84.9 Å². The highest BCUT2D eigenvalue weighted by Crippen LogP contribution is 2.35. The van der Waals surface area contributed by atoms with Crippen molar-refractivity contribution < 1.29 is 9.21 Å². The van der Waals surface area contributed by atoms with Gasteiger partial charge in [0.05, 0.1) is 5.75 Å². The van der Waals surface area contributed by atoms with E-state index < -0.39 is 0 Å². The van der Waals surface area contributed by atoms with E-state index in [4.69, 9.17) is 4.42 Å². The Morgan fingerprint density at radius 3 is 2.13 bits per heavy atom. The van der Waals surface area contributed by atoms with E-state index in [1.165, 1.54) is 11.8 Å². The van der Waals surface area contributed by atoms with Gasteiger partial charge >= 0.3 is 0 Å². The number of oxazole rings is 1. The number of nitrogens with one attached hydrogen (secondary N) is 1. The van der Waals surface area contributed by atoms with Gasteiger partial charge in [0.25, 0.3) is 5.22 Å². The number of hydrogen-bond acceptors (Lipinski definition) is 5. The van der Waals surface area contributed by atoms with Gasteiger partial charge in [-0.3, -0.25) is 4.79 Å². The lowest BCUT2D eigenvalue weighted by molar-refractivity contribution is -0.113. The van der Waals surface area contributed by atoms with Crippen LogP contribution in [-0.4, -0.2) is 30.7 Å². The first kappa shape index (κ1) is 20.8. The first-order chi connectivity index (χ1) is 15.1. The molecule has 4 rings (SSSR count). The van der Waals surface area contributed by atoms with Crippen LogP contribution in [0.4, 0.5) is 11.4 Å². The smallest absolute Gasteiger partial charge is 0.257 e. The molecule has 1 N–H and O–H groups in total. The summed E-state index contributed by atoms with van der Waals surface area (Å²) >= 11 is 1.28. The van der Waals surface area contributed by atoms with E-state index in [9.17, 15) is 4.79 Å². The van der Waals surface area contributed by atoms with E-state index in [0.717, 1.165) is 28.2 Å². The van der Waals surface area contributed by atoms with Crippen molar-refractivity contribution in [1.82, 2.24) is 4.98 Å². The molecule has 0 atom stereocenters. The van der Waals surface area contributed by atoms with Crippen molar-refractivity contribution >= 4 is 29.0 Å². The van der Waals surface area contributed by atoms with E-state index in [1.54, 1.807) is 0 Å². The summed E-state index contributed by atoms with van der Waals surface area (Å²) in [5, 5.41) is 3.38. The highest BCUT2D eigenvalue weighted by atomic mass is 32.2. The molecule has 0 radical (unpaired) electrons. The fraction of sp³-hybridized carbons (Fsp3) is 0.120. The molecule has 4 aromatic rings. The largest absolute Gasteiger partial charge is 0.431 e. The van der Waals surface area contributed by atoms with Crippen molar-refractivity contribution in [2.24, 2.45) is 0 Å². The van der Waals surface area contributed by atoms with Crippen LogP contribution >= 0.6 is 11.8 Å². The van der Waals surface area contributed by atoms with Crippen LogP contribution in [0.3, 0.4) is 0 Å². The predicted molar refractivity (Wildman–Crippen MR) is 127 cm³/mol. The summed E-state index contributed by atoms with van der Waals surface area (Å²) in [5.41, 5.74) is 4.54. The summed E-state index contributed by atoms with van der Waals surface area (Å²) < 4.78 is 6.06. The third-order valence-corrected chi connectivity index (χ3v) is 5.51. The van der Waals surface area contributed by atoms with Gasteiger partial charge in [-0.05, 0) is 24.3 Å². The number of anilines is 2. The fourth-order valence-corrected chi connectivity index (χ4v) is 3.73. The molecule has 0 saturated carbocycles. The molecule has 31 heavy (non-hydrogen) atoms. The summed E-state index contributed by atoms with van der Waals surface area (Å²) in [6.45, 7) is 0. The van der Waals surface area contributed by atoms with Crippen molar-refractivity contribution in [2.45, 2.75) is 5.22 Å². The monoisotopic (exact) mass is 429 g/mol. The third-order valence-electron chi connectivity index (χ3n) is 4.68. The number of carbonyl (C=O) groups excluding carboxylic acids is 1. The summed E-state index contributed by atoms with van der Waals surface area (Å²) in [6.07, 6.45) is 0. The minimum Gasteiger partial charge on any atom is -0.431 e. The number of hydrogen-bond donors (Lipinski definition) is 1. The zero-order valence-corrected chi connectivity index (χ0v) is 18.2. The number of thioether (sulfide) groups is 1. The number of amides is 1. The van der Waals surface area contributed by atoms with Crippen LogP contribution in [0.2, 0.25) is 0 Å². The lowest BCUT2D eigenvalue weighted by atomic mass is 10.1. The van der Waals surface area contributed by atoms with Gasteiger partial charge in [0.2, 0.25) is 5.91 Å². The topological polar surface area (TPSA) is 58.4 Å². The molecule has 1 aromatic heterocycles. The molecule has 0 aliphatic rings. The second kappa shape index (κ2) is 9.53.